The standard InChI is InChI=1S/C27H32BNS/c1-17-13-19(3)25(20(4)14-17)28(26-21(5)15-18(2)16-22(26)6)29-23-11-9-10-12-24(23)30-27(29,7)8/h9-16H,1-8H3. The van der Waals surface area contributed by atoms with E-state index in [0.717, 1.165) is 0 Å². The highest BCUT2D eigenvalue weighted by atomic mass is 32.2. The maximum atomic E-state index is 2.67. The largest absolute Gasteiger partial charge is 0.392 e. The predicted molar refractivity (Wildman–Crippen MR) is 135 cm³/mol. The quantitative estimate of drug-likeness (QED) is 0.485. The topological polar surface area (TPSA) is 3.24 Å². The molecular weight excluding hydrogens is 381 g/mol. The van der Waals surface area contributed by atoms with Crippen molar-refractivity contribution in [2.45, 2.75) is 65.2 Å². The van der Waals surface area contributed by atoms with Crippen LogP contribution in [0, 0.1) is 41.5 Å². The van der Waals surface area contributed by atoms with E-state index in [0.29, 0.717) is 0 Å². The Balaban J connectivity index is 2.07. The van der Waals surface area contributed by atoms with Crippen LogP contribution in [0.15, 0.2) is 53.4 Å². The molecule has 0 N–H and O–H groups in total. The van der Waals surface area contributed by atoms with Gasteiger partial charge in [0, 0.05) is 10.6 Å². The fourth-order valence-corrected chi connectivity index (χ4v) is 6.71. The number of hydrogen-bond acceptors (Lipinski definition) is 2. The highest BCUT2D eigenvalue weighted by Gasteiger charge is 2.45. The van der Waals surface area contributed by atoms with E-state index < -0.39 is 0 Å². The fraction of sp³-hybridized carbons (Fsp3) is 0.333. The van der Waals surface area contributed by atoms with Crippen molar-refractivity contribution in [3.63, 3.8) is 0 Å². The molecule has 1 aliphatic heterocycles. The summed E-state index contributed by atoms with van der Waals surface area (Å²) >= 11 is 1.97. The lowest BCUT2D eigenvalue weighted by molar-refractivity contribution is 0.763. The van der Waals surface area contributed by atoms with Crippen molar-refractivity contribution in [3.8, 4) is 0 Å². The molecule has 0 atom stereocenters. The molecule has 0 fully saturated rings. The molecule has 0 aliphatic carbocycles. The van der Waals surface area contributed by atoms with Gasteiger partial charge in [-0.15, -0.1) is 0 Å². The molecule has 0 aromatic heterocycles. The van der Waals surface area contributed by atoms with E-state index >= 15 is 0 Å². The summed E-state index contributed by atoms with van der Waals surface area (Å²) in [5, 5.41) is 0. The van der Waals surface area contributed by atoms with Crippen molar-refractivity contribution < 1.29 is 0 Å². The molecule has 0 amide bonds. The van der Waals surface area contributed by atoms with Gasteiger partial charge in [-0.25, -0.2) is 0 Å². The van der Waals surface area contributed by atoms with Gasteiger partial charge in [-0.3, -0.25) is 0 Å². The average Bonchev–Trinajstić information content (AvgIpc) is 2.88. The average molecular weight is 413 g/mol. The smallest absolute Gasteiger partial charge is 0.325 e. The maximum Gasteiger partial charge on any atom is 0.325 e. The van der Waals surface area contributed by atoms with Crippen molar-refractivity contribution in [2.24, 2.45) is 0 Å². The van der Waals surface area contributed by atoms with Crippen LogP contribution in [0.5, 0.6) is 0 Å². The summed E-state index contributed by atoms with van der Waals surface area (Å²) in [5.74, 6) is 0. The van der Waals surface area contributed by atoms with E-state index in [-0.39, 0.29) is 11.7 Å². The first-order valence-corrected chi connectivity index (χ1v) is 11.6. The summed E-state index contributed by atoms with van der Waals surface area (Å²) in [7, 11) is 0. The van der Waals surface area contributed by atoms with E-state index in [4.69, 9.17) is 0 Å². The third kappa shape index (κ3) is 3.48. The Morgan fingerprint density at radius 2 is 1.13 bits per heavy atom. The Labute approximate surface area is 187 Å². The Kier molecular flexibility index (Phi) is 5.30. The Bertz CT molecular complexity index is 1030. The van der Waals surface area contributed by atoms with E-state index in [1.165, 1.54) is 54.9 Å². The van der Waals surface area contributed by atoms with Crippen LogP contribution in [0.25, 0.3) is 0 Å². The number of rotatable bonds is 3. The molecule has 154 valence electrons. The lowest BCUT2D eigenvalue weighted by atomic mass is 9.44. The zero-order chi connectivity index (χ0) is 21.8. The second-order valence-corrected chi connectivity index (χ2v) is 11.1. The van der Waals surface area contributed by atoms with Gasteiger partial charge in [0.2, 0.25) is 0 Å². The Morgan fingerprint density at radius 1 is 0.700 bits per heavy atom. The van der Waals surface area contributed by atoms with Crippen LogP contribution in [0.4, 0.5) is 5.69 Å². The number of benzene rings is 3. The molecule has 3 aromatic rings. The van der Waals surface area contributed by atoms with Crippen LogP contribution in [-0.2, 0) is 0 Å². The second-order valence-electron chi connectivity index (χ2n) is 9.41. The van der Waals surface area contributed by atoms with Gasteiger partial charge in [0.15, 0.2) is 0 Å². The van der Waals surface area contributed by atoms with Crippen molar-refractivity contribution in [2.75, 3.05) is 4.81 Å². The van der Waals surface area contributed by atoms with Gasteiger partial charge in [-0.1, -0.05) is 81.5 Å². The number of hydrogen-bond donors (Lipinski definition) is 0. The van der Waals surface area contributed by atoms with Crippen LogP contribution in [0.1, 0.15) is 47.2 Å². The van der Waals surface area contributed by atoms with E-state index in [1.807, 2.05) is 11.8 Å². The highest BCUT2D eigenvalue weighted by Crippen LogP contribution is 2.50. The monoisotopic (exact) mass is 413 g/mol. The molecule has 0 unspecified atom stereocenters. The van der Waals surface area contributed by atoms with Crippen molar-refractivity contribution in [1.82, 2.24) is 0 Å². The summed E-state index contributed by atoms with van der Waals surface area (Å²) < 4.78 is 0. The third-order valence-electron chi connectivity index (χ3n) is 6.35. The summed E-state index contributed by atoms with van der Waals surface area (Å²) in [4.78, 5) is 4.00. The number of anilines is 1. The lowest BCUT2D eigenvalue weighted by Gasteiger charge is -2.41. The van der Waals surface area contributed by atoms with E-state index in [1.54, 1.807) is 0 Å². The van der Waals surface area contributed by atoms with Gasteiger partial charge in [-0.2, -0.15) is 0 Å². The van der Waals surface area contributed by atoms with Crippen molar-refractivity contribution in [3.05, 3.63) is 81.9 Å². The van der Waals surface area contributed by atoms with Gasteiger partial charge in [0.05, 0.1) is 4.87 Å². The minimum absolute atomic E-state index is 0.0398. The SMILES string of the molecule is Cc1cc(C)c(B(c2c(C)cc(C)cc2C)N2c3ccccc3SC2(C)C)c(C)c1. The number of nitrogens with zero attached hydrogens (tertiary/aromatic N) is 1. The number of aryl methyl sites for hydroxylation is 6. The van der Waals surface area contributed by atoms with Crippen LogP contribution in [-0.4, -0.2) is 11.7 Å². The first kappa shape index (κ1) is 21.1. The molecule has 0 saturated carbocycles. The molecule has 3 heteroatoms. The number of thioether (sulfide) groups is 1. The Hall–Kier alpha value is -2.13. The second kappa shape index (κ2) is 7.53. The minimum atomic E-state index is -0.0398. The molecule has 30 heavy (non-hydrogen) atoms. The molecule has 0 saturated heterocycles. The van der Waals surface area contributed by atoms with Gasteiger partial charge in [0.1, 0.15) is 0 Å². The normalized spacial score (nSPS) is 14.7. The lowest BCUT2D eigenvalue weighted by Crippen LogP contribution is -2.64. The predicted octanol–water partition coefficient (Wildman–Crippen LogP) is 5.99. The molecule has 0 bridgehead atoms. The summed E-state index contributed by atoms with van der Waals surface area (Å²) in [6.07, 6.45) is 0. The zero-order valence-electron chi connectivity index (χ0n) is 19.6. The first-order chi connectivity index (χ1) is 14.1. The summed E-state index contributed by atoms with van der Waals surface area (Å²) in [6.45, 7) is 18.4. The third-order valence-corrected chi connectivity index (χ3v) is 7.61. The van der Waals surface area contributed by atoms with E-state index in [9.17, 15) is 0 Å². The summed E-state index contributed by atoms with van der Waals surface area (Å²) in [5.41, 5.74) is 12.4. The molecule has 0 radical (unpaired) electrons. The molecule has 1 heterocycles. The minimum Gasteiger partial charge on any atom is -0.392 e. The van der Waals surface area contributed by atoms with Crippen LogP contribution < -0.4 is 15.7 Å². The molecule has 1 aliphatic rings. The van der Waals surface area contributed by atoms with Crippen LogP contribution in [0.3, 0.4) is 0 Å². The van der Waals surface area contributed by atoms with E-state index in [2.05, 4.69) is 109 Å². The molecule has 4 rings (SSSR count). The fourth-order valence-electron chi connectivity index (χ4n) is 5.45. The van der Waals surface area contributed by atoms with Gasteiger partial charge >= 0.3 is 6.85 Å². The number of para-hydroxylation sites is 1. The molecule has 0 spiro atoms. The van der Waals surface area contributed by atoms with Crippen molar-refractivity contribution >= 4 is 35.2 Å². The highest BCUT2D eigenvalue weighted by molar-refractivity contribution is 8.01. The van der Waals surface area contributed by atoms with Crippen LogP contribution >= 0.6 is 11.8 Å². The zero-order valence-corrected chi connectivity index (χ0v) is 20.4. The van der Waals surface area contributed by atoms with Crippen molar-refractivity contribution in [1.29, 1.82) is 0 Å². The van der Waals surface area contributed by atoms with Gasteiger partial charge in [0.25, 0.3) is 0 Å². The number of fused-ring (bicyclic) bond motifs is 1. The summed E-state index contributed by atoms with van der Waals surface area (Å²) in [6, 6.07) is 18.3. The van der Waals surface area contributed by atoms with Crippen LogP contribution in [0.2, 0.25) is 0 Å². The Morgan fingerprint density at radius 3 is 1.60 bits per heavy atom. The van der Waals surface area contributed by atoms with Gasteiger partial charge in [-0.05, 0) is 78.4 Å². The van der Waals surface area contributed by atoms with Gasteiger partial charge < -0.3 is 4.81 Å². The maximum absolute atomic E-state index is 2.67. The molecule has 3 aromatic carbocycles. The molecular formula is C27H32BNS. The molecule has 1 nitrogen and oxygen atoms in total. The first-order valence-electron chi connectivity index (χ1n) is 10.8.